The van der Waals surface area contributed by atoms with Gasteiger partial charge in [-0.25, -0.2) is 4.68 Å². The number of nitrogens with one attached hydrogen (secondary N) is 1. The van der Waals surface area contributed by atoms with Crippen LogP contribution in [-0.4, -0.2) is 27.7 Å². The summed E-state index contributed by atoms with van der Waals surface area (Å²) < 4.78 is 1.92. The molecule has 1 amide bonds. The summed E-state index contributed by atoms with van der Waals surface area (Å²) in [6.45, 7) is 1.93. The van der Waals surface area contributed by atoms with Crippen molar-refractivity contribution in [2.45, 2.75) is 38.3 Å². The molecule has 2 heterocycles. The van der Waals surface area contributed by atoms with E-state index in [9.17, 15) is 4.79 Å². The largest absolute Gasteiger partial charge is 0.284 e. The lowest BCUT2D eigenvalue weighted by atomic mass is 10.1. The maximum atomic E-state index is 11.8. The first kappa shape index (κ1) is 9.84. The first-order valence-corrected chi connectivity index (χ1v) is 5.75. The molecule has 0 bridgehead atoms. The summed E-state index contributed by atoms with van der Waals surface area (Å²) in [7, 11) is 1.93. The lowest BCUT2D eigenvalue weighted by Gasteiger charge is -2.42. The van der Waals surface area contributed by atoms with Crippen molar-refractivity contribution in [1.29, 1.82) is 0 Å². The van der Waals surface area contributed by atoms with Crippen molar-refractivity contribution in [3.63, 3.8) is 0 Å². The molecule has 1 fully saturated rings. The predicted molar refractivity (Wildman–Crippen MR) is 58.6 cm³/mol. The molecule has 3 rings (SSSR count). The van der Waals surface area contributed by atoms with E-state index in [0.717, 1.165) is 18.5 Å². The van der Waals surface area contributed by atoms with Gasteiger partial charge in [-0.2, -0.15) is 10.1 Å². The van der Waals surface area contributed by atoms with Gasteiger partial charge in [-0.1, -0.05) is 0 Å². The average Bonchev–Trinajstić information content (AvgIpc) is 2.82. The Morgan fingerprint density at radius 3 is 2.81 bits per heavy atom. The molecule has 0 saturated heterocycles. The molecule has 1 aliphatic heterocycles. The van der Waals surface area contributed by atoms with Gasteiger partial charge in [0.05, 0.1) is 5.69 Å². The summed E-state index contributed by atoms with van der Waals surface area (Å²) in [4.78, 5) is 11.8. The zero-order valence-electron chi connectivity index (χ0n) is 9.66. The molecule has 1 aromatic heterocycles. The Bertz CT molecular complexity index is 445. The fourth-order valence-corrected chi connectivity index (χ4v) is 2.92. The highest BCUT2D eigenvalue weighted by molar-refractivity contribution is 5.93. The monoisotopic (exact) mass is 220 g/mol. The second-order valence-electron chi connectivity index (χ2n) is 4.77. The molecular formula is C11H16N4O. The summed E-state index contributed by atoms with van der Waals surface area (Å²) in [5, 5.41) is 6.43. The number of carbonyl (C=O) groups excluding carboxylic acids is 1. The van der Waals surface area contributed by atoms with E-state index in [1.807, 2.05) is 29.7 Å². The number of carbonyl (C=O) groups is 1. The van der Waals surface area contributed by atoms with Gasteiger partial charge in [-0.05, 0) is 38.7 Å². The van der Waals surface area contributed by atoms with Gasteiger partial charge < -0.3 is 0 Å². The summed E-state index contributed by atoms with van der Waals surface area (Å²) >= 11 is 0. The Kier molecular flexibility index (Phi) is 1.89. The minimum Gasteiger partial charge on any atom is -0.281 e. The molecular weight excluding hydrogens is 204 g/mol. The molecule has 1 saturated carbocycles. The van der Waals surface area contributed by atoms with Crippen molar-refractivity contribution in [3.8, 4) is 0 Å². The van der Waals surface area contributed by atoms with Crippen LogP contribution in [-0.2, 0) is 5.66 Å². The van der Waals surface area contributed by atoms with E-state index >= 15 is 0 Å². The first-order chi connectivity index (χ1) is 7.63. The van der Waals surface area contributed by atoms with Crippen LogP contribution in [0.15, 0.2) is 6.07 Å². The van der Waals surface area contributed by atoms with E-state index in [1.54, 1.807) is 0 Å². The number of amides is 1. The fourth-order valence-electron chi connectivity index (χ4n) is 2.92. The van der Waals surface area contributed by atoms with Crippen LogP contribution in [0.4, 0.5) is 0 Å². The second-order valence-corrected chi connectivity index (χ2v) is 4.77. The van der Waals surface area contributed by atoms with E-state index in [4.69, 9.17) is 0 Å². The molecule has 2 aliphatic rings. The summed E-state index contributed by atoms with van der Waals surface area (Å²) in [5.41, 5.74) is 4.39. The van der Waals surface area contributed by atoms with Gasteiger partial charge in [0.15, 0.2) is 0 Å². The third-order valence-corrected chi connectivity index (χ3v) is 3.76. The first-order valence-electron chi connectivity index (χ1n) is 5.75. The Labute approximate surface area is 94.4 Å². The van der Waals surface area contributed by atoms with Crippen LogP contribution in [0.25, 0.3) is 0 Å². The van der Waals surface area contributed by atoms with Crippen LogP contribution in [0, 0.1) is 6.92 Å². The molecule has 1 aliphatic carbocycles. The Balaban J connectivity index is 2.18. The van der Waals surface area contributed by atoms with E-state index < -0.39 is 0 Å². The van der Waals surface area contributed by atoms with Crippen molar-refractivity contribution < 1.29 is 4.79 Å². The SMILES string of the molecule is Cc1cc2n(n1)C1(CCCC1)N(C)NC2=O. The molecule has 1 spiro atoms. The van der Waals surface area contributed by atoms with Crippen molar-refractivity contribution in [3.05, 3.63) is 17.5 Å². The highest BCUT2D eigenvalue weighted by Gasteiger charge is 2.46. The standard InChI is InChI=1S/C11H16N4O/c1-8-7-9-10(16)13-14(2)11(15(9)12-8)5-3-4-6-11/h7H,3-6H2,1-2H3,(H,13,16). The zero-order valence-corrected chi connectivity index (χ0v) is 9.66. The zero-order chi connectivity index (χ0) is 11.3. The number of hydrogen-bond donors (Lipinski definition) is 1. The van der Waals surface area contributed by atoms with Gasteiger partial charge in [-0.15, -0.1) is 0 Å². The third-order valence-electron chi connectivity index (χ3n) is 3.76. The van der Waals surface area contributed by atoms with E-state index in [-0.39, 0.29) is 11.6 Å². The van der Waals surface area contributed by atoms with Crippen molar-refractivity contribution >= 4 is 5.91 Å². The van der Waals surface area contributed by atoms with Crippen LogP contribution in [0.5, 0.6) is 0 Å². The molecule has 0 unspecified atom stereocenters. The average molecular weight is 220 g/mol. The summed E-state index contributed by atoms with van der Waals surface area (Å²) in [6.07, 6.45) is 4.49. The van der Waals surface area contributed by atoms with Crippen molar-refractivity contribution in [1.82, 2.24) is 20.2 Å². The second kappa shape index (κ2) is 3.07. The molecule has 1 N–H and O–H groups in total. The van der Waals surface area contributed by atoms with Crippen molar-refractivity contribution in [2.24, 2.45) is 0 Å². The minimum absolute atomic E-state index is 0.0550. The van der Waals surface area contributed by atoms with Crippen LogP contribution in [0.2, 0.25) is 0 Å². The Morgan fingerprint density at radius 1 is 1.44 bits per heavy atom. The number of hydrazine groups is 1. The molecule has 0 aromatic carbocycles. The number of hydrogen-bond acceptors (Lipinski definition) is 3. The Hall–Kier alpha value is -1.36. The molecule has 16 heavy (non-hydrogen) atoms. The molecule has 5 heteroatoms. The van der Waals surface area contributed by atoms with Crippen molar-refractivity contribution in [2.75, 3.05) is 7.05 Å². The smallest absolute Gasteiger partial charge is 0.281 e. The van der Waals surface area contributed by atoms with Crippen LogP contribution in [0.3, 0.4) is 0 Å². The number of aryl methyl sites for hydroxylation is 1. The molecule has 5 nitrogen and oxygen atoms in total. The minimum atomic E-state index is -0.127. The maximum absolute atomic E-state index is 11.8. The summed E-state index contributed by atoms with van der Waals surface area (Å²) in [6, 6.07) is 1.86. The molecule has 1 aromatic rings. The van der Waals surface area contributed by atoms with Crippen LogP contribution < -0.4 is 5.43 Å². The van der Waals surface area contributed by atoms with Crippen LogP contribution >= 0.6 is 0 Å². The van der Waals surface area contributed by atoms with Gasteiger partial charge >= 0.3 is 0 Å². The number of fused-ring (bicyclic) bond motifs is 2. The molecule has 0 atom stereocenters. The van der Waals surface area contributed by atoms with Gasteiger partial charge in [0, 0.05) is 7.05 Å². The fraction of sp³-hybridized carbons (Fsp3) is 0.636. The van der Waals surface area contributed by atoms with Gasteiger partial charge in [0.25, 0.3) is 5.91 Å². The maximum Gasteiger partial charge on any atom is 0.284 e. The van der Waals surface area contributed by atoms with Gasteiger partial charge in [0.2, 0.25) is 0 Å². The van der Waals surface area contributed by atoms with E-state index in [1.165, 1.54) is 12.8 Å². The Morgan fingerprint density at radius 2 is 2.12 bits per heavy atom. The van der Waals surface area contributed by atoms with Crippen LogP contribution in [0.1, 0.15) is 41.9 Å². The number of rotatable bonds is 0. The molecule has 86 valence electrons. The highest BCUT2D eigenvalue weighted by atomic mass is 16.2. The normalized spacial score (nSPS) is 23.5. The third kappa shape index (κ3) is 1.09. The number of nitrogens with zero attached hydrogens (tertiary/aromatic N) is 3. The highest BCUT2D eigenvalue weighted by Crippen LogP contribution is 2.40. The van der Waals surface area contributed by atoms with E-state index in [0.29, 0.717) is 5.69 Å². The predicted octanol–water partition coefficient (Wildman–Crippen LogP) is 1.01. The van der Waals surface area contributed by atoms with Gasteiger partial charge in [0.1, 0.15) is 11.4 Å². The van der Waals surface area contributed by atoms with Gasteiger partial charge in [-0.3, -0.25) is 10.2 Å². The topological polar surface area (TPSA) is 50.2 Å². The quantitative estimate of drug-likeness (QED) is 0.710. The molecule has 0 radical (unpaired) electrons. The number of aromatic nitrogens is 2. The lowest BCUT2D eigenvalue weighted by Crippen LogP contribution is -2.60. The lowest BCUT2D eigenvalue weighted by molar-refractivity contribution is -0.0224. The summed E-state index contributed by atoms with van der Waals surface area (Å²) in [5.74, 6) is -0.0550. The van der Waals surface area contributed by atoms with E-state index in [2.05, 4.69) is 10.5 Å².